The molecule has 0 aromatic heterocycles. The van der Waals surface area contributed by atoms with Crippen molar-refractivity contribution in [1.82, 2.24) is 0 Å². The zero-order valence-corrected chi connectivity index (χ0v) is 10.5. The van der Waals surface area contributed by atoms with E-state index < -0.39 is 11.9 Å². The number of esters is 2. The minimum atomic E-state index is -0.541. The summed E-state index contributed by atoms with van der Waals surface area (Å²) in [6.45, 7) is 2.51. The quantitative estimate of drug-likeness (QED) is 0.663. The molecule has 5 nitrogen and oxygen atoms in total. The molecule has 0 radical (unpaired) electrons. The highest BCUT2D eigenvalue weighted by Gasteiger charge is 2.16. The van der Waals surface area contributed by atoms with E-state index in [1.54, 1.807) is 24.3 Å². The van der Waals surface area contributed by atoms with E-state index in [1.807, 2.05) is 0 Å². The van der Waals surface area contributed by atoms with Crippen LogP contribution in [0.4, 0.5) is 0 Å². The molecule has 0 saturated carbocycles. The number of hydrogen-bond acceptors (Lipinski definition) is 5. The van der Waals surface area contributed by atoms with Gasteiger partial charge in [0, 0.05) is 30.7 Å². The molecule has 0 spiro atoms. The van der Waals surface area contributed by atoms with Crippen LogP contribution in [0.1, 0.15) is 13.8 Å². The monoisotopic (exact) mass is 260 g/mol. The van der Waals surface area contributed by atoms with Gasteiger partial charge >= 0.3 is 11.9 Å². The Kier molecular flexibility index (Phi) is 3.37. The summed E-state index contributed by atoms with van der Waals surface area (Å²) >= 11 is 0. The number of aromatic hydroxyl groups is 1. The molecule has 0 bridgehead atoms. The standard InChI is InChI=1S/C14H12O5/c1-8(15)18-13-7-12(17)14(19-9(2)16)11-6-4-3-5-10(11)13/h3-7,17H,1-2H3. The third-order valence-corrected chi connectivity index (χ3v) is 2.44. The number of benzene rings is 2. The Balaban J connectivity index is 2.69. The fourth-order valence-corrected chi connectivity index (χ4v) is 1.79. The van der Waals surface area contributed by atoms with Gasteiger partial charge in [0.15, 0.2) is 11.5 Å². The lowest BCUT2D eigenvalue weighted by molar-refractivity contribution is -0.133. The van der Waals surface area contributed by atoms with Crippen LogP contribution in [0.25, 0.3) is 10.8 Å². The van der Waals surface area contributed by atoms with Crippen molar-refractivity contribution in [2.75, 3.05) is 0 Å². The summed E-state index contributed by atoms with van der Waals surface area (Å²) in [6, 6.07) is 8.11. The van der Waals surface area contributed by atoms with Gasteiger partial charge in [-0.05, 0) is 0 Å². The second-order valence-electron chi connectivity index (χ2n) is 3.96. The number of phenols is 1. The predicted octanol–water partition coefficient (Wildman–Crippen LogP) is 2.40. The molecule has 0 fully saturated rings. The van der Waals surface area contributed by atoms with Gasteiger partial charge in [-0.2, -0.15) is 0 Å². The SMILES string of the molecule is CC(=O)Oc1cc(O)c(OC(C)=O)c2ccccc12. The first-order valence-corrected chi connectivity index (χ1v) is 5.60. The van der Waals surface area contributed by atoms with Gasteiger partial charge in [-0.25, -0.2) is 0 Å². The fourth-order valence-electron chi connectivity index (χ4n) is 1.79. The fraction of sp³-hybridized carbons (Fsp3) is 0.143. The van der Waals surface area contributed by atoms with E-state index in [-0.39, 0.29) is 17.2 Å². The molecule has 1 N–H and O–H groups in total. The number of hydrogen-bond donors (Lipinski definition) is 1. The van der Waals surface area contributed by atoms with E-state index in [9.17, 15) is 14.7 Å². The molecule has 0 aliphatic carbocycles. The molecule has 0 heterocycles. The summed E-state index contributed by atoms with van der Waals surface area (Å²) in [5, 5.41) is 11.0. The Morgan fingerprint density at radius 2 is 1.58 bits per heavy atom. The van der Waals surface area contributed by atoms with Crippen LogP contribution < -0.4 is 9.47 Å². The van der Waals surface area contributed by atoms with Crippen LogP contribution in [0.3, 0.4) is 0 Å². The van der Waals surface area contributed by atoms with Crippen LogP contribution in [0.5, 0.6) is 17.2 Å². The third-order valence-electron chi connectivity index (χ3n) is 2.44. The largest absolute Gasteiger partial charge is 0.504 e. The summed E-state index contributed by atoms with van der Waals surface area (Å²) in [7, 11) is 0. The highest BCUT2D eigenvalue weighted by atomic mass is 16.5. The zero-order valence-electron chi connectivity index (χ0n) is 10.5. The molecule has 0 amide bonds. The van der Waals surface area contributed by atoms with E-state index in [2.05, 4.69) is 0 Å². The lowest BCUT2D eigenvalue weighted by Gasteiger charge is -2.12. The number of phenolic OH excluding ortho intramolecular Hbond substituents is 1. The Bertz CT molecular complexity index is 660. The first kappa shape index (κ1) is 12.9. The van der Waals surface area contributed by atoms with Gasteiger partial charge in [-0.15, -0.1) is 0 Å². The molecular weight excluding hydrogens is 248 g/mol. The van der Waals surface area contributed by atoms with E-state index in [4.69, 9.17) is 9.47 Å². The second kappa shape index (κ2) is 4.97. The maximum atomic E-state index is 11.1. The van der Waals surface area contributed by atoms with Gasteiger partial charge in [0.2, 0.25) is 0 Å². The topological polar surface area (TPSA) is 72.8 Å². The molecular formula is C14H12O5. The molecule has 0 unspecified atom stereocenters. The Morgan fingerprint density at radius 1 is 1.00 bits per heavy atom. The van der Waals surface area contributed by atoms with Gasteiger partial charge in [0.05, 0.1) is 0 Å². The molecule has 0 atom stereocenters. The van der Waals surface area contributed by atoms with Gasteiger partial charge < -0.3 is 14.6 Å². The highest BCUT2D eigenvalue weighted by molar-refractivity contribution is 5.97. The highest BCUT2D eigenvalue weighted by Crippen LogP contribution is 2.40. The van der Waals surface area contributed by atoms with Crippen LogP contribution in [-0.4, -0.2) is 17.0 Å². The number of rotatable bonds is 2. The molecule has 2 rings (SSSR count). The van der Waals surface area contributed by atoms with Crippen LogP contribution >= 0.6 is 0 Å². The minimum absolute atomic E-state index is 0.0546. The number of carbonyl (C=O) groups excluding carboxylic acids is 2. The van der Waals surface area contributed by atoms with Gasteiger partial charge in [-0.3, -0.25) is 9.59 Å². The average molecular weight is 260 g/mol. The Hall–Kier alpha value is -2.56. The average Bonchev–Trinajstić information content (AvgIpc) is 2.33. The van der Waals surface area contributed by atoms with Crippen molar-refractivity contribution in [3.63, 3.8) is 0 Å². The van der Waals surface area contributed by atoms with Crippen LogP contribution in [0, 0.1) is 0 Å². The van der Waals surface area contributed by atoms with Crippen LogP contribution in [0.2, 0.25) is 0 Å². The maximum absolute atomic E-state index is 11.1. The molecule has 0 aliphatic heterocycles. The summed E-state index contributed by atoms with van der Waals surface area (Å²) in [4.78, 5) is 22.1. The van der Waals surface area contributed by atoms with Crippen LogP contribution in [-0.2, 0) is 9.59 Å². The van der Waals surface area contributed by atoms with Crippen molar-refractivity contribution in [2.24, 2.45) is 0 Å². The van der Waals surface area contributed by atoms with E-state index in [0.717, 1.165) is 0 Å². The number of ether oxygens (including phenoxy) is 2. The van der Waals surface area contributed by atoms with E-state index in [1.165, 1.54) is 19.9 Å². The second-order valence-corrected chi connectivity index (χ2v) is 3.96. The minimum Gasteiger partial charge on any atom is -0.504 e. The number of carbonyl (C=O) groups is 2. The van der Waals surface area contributed by atoms with Crippen LogP contribution in [0.15, 0.2) is 30.3 Å². The Morgan fingerprint density at radius 3 is 2.16 bits per heavy atom. The van der Waals surface area contributed by atoms with Crippen molar-refractivity contribution in [3.05, 3.63) is 30.3 Å². The van der Waals surface area contributed by atoms with Crippen molar-refractivity contribution >= 4 is 22.7 Å². The summed E-state index contributed by atoms with van der Waals surface area (Å²) in [6.07, 6.45) is 0. The first-order valence-electron chi connectivity index (χ1n) is 5.60. The van der Waals surface area contributed by atoms with Gasteiger partial charge in [-0.1, -0.05) is 24.3 Å². The third kappa shape index (κ3) is 2.65. The predicted molar refractivity (Wildman–Crippen MR) is 68.2 cm³/mol. The molecule has 2 aromatic carbocycles. The Labute approximate surface area is 109 Å². The van der Waals surface area contributed by atoms with E-state index in [0.29, 0.717) is 10.8 Å². The normalized spacial score (nSPS) is 10.2. The molecule has 0 saturated heterocycles. The van der Waals surface area contributed by atoms with Crippen molar-refractivity contribution < 1.29 is 24.2 Å². The van der Waals surface area contributed by atoms with Crippen molar-refractivity contribution in [2.45, 2.75) is 13.8 Å². The number of fused-ring (bicyclic) bond motifs is 1. The molecule has 5 heteroatoms. The molecule has 98 valence electrons. The first-order chi connectivity index (χ1) is 8.99. The smallest absolute Gasteiger partial charge is 0.308 e. The lowest BCUT2D eigenvalue weighted by atomic mass is 10.1. The summed E-state index contributed by atoms with van der Waals surface area (Å²) in [5.74, 6) is -1.02. The molecule has 2 aromatic rings. The molecule has 0 aliphatic rings. The maximum Gasteiger partial charge on any atom is 0.308 e. The summed E-state index contributed by atoms with van der Waals surface area (Å²) in [5.41, 5.74) is 0. The van der Waals surface area contributed by atoms with Crippen molar-refractivity contribution in [1.29, 1.82) is 0 Å². The van der Waals surface area contributed by atoms with Gasteiger partial charge in [0.1, 0.15) is 5.75 Å². The summed E-state index contributed by atoms with van der Waals surface area (Å²) < 4.78 is 10.0. The van der Waals surface area contributed by atoms with Crippen molar-refractivity contribution in [3.8, 4) is 17.2 Å². The lowest BCUT2D eigenvalue weighted by Crippen LogP contribution is -2.05. The zero-order chi connectivity index (χ0) is 14.0. The van der Waals surface area contributed by atoms with E-state index >= 15 is 0 Å². The van der Waals surface area contributed by atoms with Gasteiger partial charge in [0.25, 0.3) is 0 Å². The molecule has 19 heavy (non-hydrogen) atoms.